The molecule has 0 aliphatic carbocycles. The molecule has 164 valence electrons. The Balaban J connectivity index is 1.85. The largest absolute Gasteiger partial charge is 0.495 e. The lowest BCUT2D eigenvalue weighted by atomic mass is 10.2. The Morgan fingerprint density at radius 2 is 1.77 bits per heavy atom. The number of alkyl halides is 3. The molecule has 0 bridgehead atoms. The Bertz CT molecular complexity index is 1150. The fourth-order valence-corrected chi connectivity index (χ4v) is 3.50. The van der Waals surface area contributed by atoms with Crippen LogP contribution in [0.25, 0.3) is 0 Å². The molecule has 0 amide bonds. The summed E-state index contributed by atoms with van der Waals surface area (Å²) in [4.78, 5) is 0. The smallest absolute Gasteiger partial charge is 0.416 e. The first-order valence-electron chi connectivity index (χ1n) is 8.85. The third-order valence-corrected chi connectivity index (χ3v) is 5.66. The fraction of sp³-hybridized carbons (Fsp3) is 0.200. The summed E-state index contributed by atoms with van der Waals surface area (Å²) in [5.74, 6) is -0.769. The number of aromatic nitrogens is 2. The maximum atomic E-state index is 13.6. The Morgan fingerprint density at radius 3 is 2.42 bits per heavy atom. The lowest BCUT2D eigenvalue weighted by Gasteiger charge is -2.14. The van der Waals surface area contributed by atoms with Crippen molar-refractivity contribution in [3.05, 3.63) is 60.0 Å². The first kappa shape index (κ1) is 22.6. The minimum absolute atomic E-state index is 0.0402. The number of benzene rings is 2. The molecular weight excluding hydrogens is 437 g/mol. The van der Waals surface area contributed by atoms with Crippen molar-refractivity contribution in [2.24, 2.45) is 0 Å². The van der Waals surface area contributed by atoms with Gasteiger partial charge < -0.3 is 19.4 Å². The third-order valence-electron chi connectivity index (χ3n) is 4.13. The second-order valence-corrected chi connectivity index (χ2v) is 10.1. The van der Waals surface area contributed by atoms with Crippen LogP contribution in [-0.2, 0) is 10.7 Å². The number of halogens is 4. The molecule has 0 atom stereocenters. The van der Waals surface area contributed by atoms with Crippen molar-refractivity contribution >= 4 is 24.0 Å². The van der Waals surface area contributed by atoms with Crippen LogP contribution in [0.2, 0.25) is 0 Å². The third kappa shape index (κ3) is 5.73. The summed E-state index contributed by atoms with van der Waals surface area (Å²) in [7, 11) is -1.04. The van der Waals surface area contributed by atoms with Gasteiger partial charge in [0.1, 0.15) is 24.5 Å². The lowest BCUT2D eigenvalue weighted by Crippen LogP contribution is -2.06. The monoisotopic (exact) mass is 455 g/mol. The van der Waals surface area contributed by atoms with Crippen LogP contribution in [0.1, 0.15) is 5.56 Å². The second-order valence-electron chi connectivity index (χ2n) is 6.91. The van der Waals surface area contributed by atoms with Crippen molar-refractivity contribution in [2.75, 3.05) is 25.8 Å². The van der Waals surface area contributed by atoms with E-state index in [9.17, 15) is 22.1 Å². The van der Waals surface area contributed by atoms with E-state index in [1.165, 1.54) is 19.4 Å². The number of nitrogens with zero attached hydrogens (tertiary/aromatic N) is 2. The number of hydrogen-bond donors (Lipinski definition) is 1. The van der Waals surface area contributed by atoms with Gasteiger partial charge in [-0.3, -0.25) is 0 Å². The quantitative estimate of drug-likeness (QED) is 0.395. The van der Waals surface area contributed by atoms with Crippen LogP contribution < -0.4 is 20.1 Å². The van der Waals surface area contributed by atoms with Gasteiger partial charge in [-0.25, -0.2) is 4.39 Å². The number of hydrogen-bond acceptors (Lipinski definition) is 6. The average Bonchev–Trinajstić information content (AvgIpc) is 2.66. The summed E-state index contributed by atoms with van der Waals surface area (Å²) in [6, 6.07) is 8.26. The van der Waals surface area contributed by atoms with E-state index >= 15 is 0 Å². The molecule has 6 nitrogen and oxygen atoms in total. The zero-order valence-corrected chi connectivity index (χ0v) is 17.6. The standard InChI is InChI=1S/C20H18F4N3O3P/c1-29-18-10-16(31(2,3)28)4-5-17(18)26-19-9-15(11-25-27-19)30-14-7-12(20(22,23)24)6-13(21)8-14/h4-11H,1-3H3,(H,26,27). The highest BCUT2D eigenvalue weighted by Crippen LogP contribution is 2.38. The van der Waals surface area contributed by atoms with Crippen molar-refractivity contribution in [3.8, 4) is 17.2 Å². The fourth-order valence-electron chi connectivity index (χ4n) is 2.64. The van der Waals surface area contributed by atoms with Crippen LogP contribution in [0.5, 0.6) is 17.2 Å². The van der Waals surface area contributed by atoms with E-state index in [0.29, 0.717) is 28.9 Å². The summed E-state index contributed by atoms with van der Waals surface area (Å²) in [5.41, 5.74) is -0.673. The van der Waals surface area contributed by atoms with Crippen LogP contribution >= 0.6 is 7.14 Å². The molecule has 0 radical (unpaired) electrons. The summed E-state index contributed by atoms with van der Waals surface area (Å²) in [6.45, 7) is 3.27. The highest BCUT2D eigenvalue weighted by Gasteiger charge is 2.31. The van der Waals surface area contributed by atoms with Gasteiger partial charge in [-0.2, -0.15) is 18.3 Å². The van der Waals surface area contributed by atoms with E-state index < -0.39 is 24.7 Å². The van der Waals surface area contributed by atoms with Gasteiger partial charge in [0.05, 0.1) is 24.6 Å². The molecule has 0 saturated heterocycles. The van der Waals surface area contributed by atoms with Crippen LogP contribution in [0.4, 0.5) is 29.1 Å². The second kappa shape index (κ2) is 8.55. The van der Waals surface area contributed by atoms with E-state index in [4.69, 9.17) is 9.47 Å². The number of rotatable bonds is 6. The molecule has 0 aliphatic rings. The minimum atomic E-state index is -4.72. The highest BCUT2D eigenvalue weighted by atomic mass is 31.2. The van der Waals surface area contributed by atoms with E-state index in [1.807, 2.05) is 0 Å². The molecule has 0 spiro atoms. The Hall–Kier alpha value is -3.13. The van der Waals surface area contributed by atoms with Gasteiger partial charge in [-0.15, -0.1) is 5.10 Å². The van der Waals surface area contributed by atoms with Gasteiger partial charge in [0.25, 0.3) is 0 Å². The molecule has 11 heteroatoms. The molecule has 0 unspecified atom stereocenters. The van der Waals surface area contributed by atoms with Gasteiger partial charge >= 0.3 is 6.18 Å². The topological polar surface area (TPSA) is 73.3 Å². The maximum absolute atomic E-state index is 13.6. The Morgan fingerprint density at radius 1 is 1.03 bits per heavy atom. The van der Waals surface area contributed by atoms with Crippen molar-refractivity contribution in [2.45, 2.75) is 6.18 Å². The summed E-state index contributed by atoms with van der Waals surface area (Å²) < 4.78 is 75.2. The Labute approximate surface area is 175 Å². The Kier molecular flexibility index (Phi) is 6.22. The molecule has 1 heterocycles. The summed E-state index contributed by atoms with van der Waals surface area (Å²) >= 11 is 0. The predicted molar refractivity (Wildman–Crippen MR) is 109 cm³/mol. The molecule has 1 N–H and O–H groups in total. The molecule has 3 aromatic rings. The van der Waals surface area contributed by atoms with Crippen LogP contribution in [0.3, 0.4) is 0 Å². The summed E-state index contributed by atoms with van der Waals surface area (Å²) in [5, 5.41) is 11.2. The van der Waals surface area contributed by atoms with E-state index in [2.05, 4.69) is 15.5 Å². The summed E-state index contributed by atoms with van der Waals surface area (Å²) in [6.07, 6.45) is -3.54. The van der Waals surface area contributed by atoms with Gasteiger partial charge in [-0.05, 0) is 43.7 Å². The van der Waals surface area contributed by atoms with Crippen molar-refractivity contribution < 1.29 is 31.6 Å². The minimum Gasteiger partial charge on any atom is -0.495 e. The molecule has 2 aromatic carbocycles. The first-order chi connectivity index (χ1) is 14.5. The van der Waals surface area contributed by atoms with Crippen molar-refractivity contribution in [1.82, 2.24) is 10.2 Å². The molecule has 0 fully saturated rings. The SMILES string of the molecule is COc1cc(P(C)(C)=O)ccc1Nc1cc(Oc2cc(F)cc(C(F)(F)F)c2)cnn1. The van der Waals surface area contributed by atoms with E-state index in [1.54, 1.807) is 31.5 Å². The maximum Gasteiger partial charge on any atom is 0.416 e. The van der Waals surface area contributed by atoms with Crippen molar-refractivity contribution in [1.29, 1.82) is 0 Å². The normalized spacial score (nSPS) is 11.8. The number of ether oxygens (including phenoxy) is 2. The van der Waals surface area contributed by atoms with Gasteiger partial charge in [0.2, 0.25) is 0 Å². The highest BCUT2D eigenvalue weighted by molar-refractivity contribution is 7.70. The number of nitrogens with one attached hydrogen (secondary N) is 1. The molecule has 3 rings (SSSR count). The number of anilines is 2. The predicted octanol–water partition coefficient (Wildman–Crippen LogP) is 5.43. The average molecular weight is 455 g/mol. The zero-order valence-electron chi connectivity index (χ0n) is 16.7. The van der Waals surface area contributed by atoms with E-state index in [0.717, 1.165) is 6.07 Å². The zero-order chi connectivity index (χ0) is 22.8. The van der Waals surface area contributed by atoms with Crippen molar-refractivity contribution in [3.63, 3.8) is 0 Å². The van der Waals surface area contributed by atoms with Gasteiger partial charge in [-0.1, -0.05) is 0 Å². The van der Waals surface area contributed by atoms with Gasteiger partial charge in [0.15, 0.2) is 11.6 Å². The van der Waals surface area contributed by atoms with Crippen LogP contribution in [-0.4, -0.2) is 30.6 Å². The molecule has 0 aliphatic heterocycles. The molecular formula is C20H18F4N3O3P. The van der Waals surface area contributed by atoms with Crippen LogP contribution in [0, 0.1) is 5.82 Å². The van der Waals surface area contributed by atoms with Crippen LogP contribution in [0.15, 0.2) is 48.7 Å². The molecule has 1 aromatic heterocycles. The lowest BCUT2D eigenvalue weighted by molar-refractivity contribution is -0.137. The van der Waals surface area contributed by atoms with Gasteiger partial charge in [0, 0.05) is 17.4 Å². The molecule has 31 heavy (non-hydrogen) atoms. The first-order valence-corrected chi connectivity index (χ1v) is 11.4. The molecule has 0 saturated carbocycles. The number of methoxy groups -OCH3 is 1. The van der Waals surface area contributed by atoms with E-state index in [-0.39, 0.29) is 17.3 Å².